The van der Waals surface area contributed by atoms with Crippen molar-refractivity contribution in [2.75, 3.05) is 13.8 Å². The summed E-state index contributed by atoms with van der Waals surface area (Å²) in [6, 6.07) is 12.1. The molecule has 1 fully saturated rings. The van der Waals surface area contributed by atoms with Crippen molar-refractivity contribution in [3.8, 4) is 5.75 Å². The third-order valence-corrected chi connectivity index (χ3v) is 5.90. The number of methoxy groups -OCH3 is 1. The van der Waals surface area contributed by atoms with Crippen LogP contribution in [0.4, 0.5) is 17.6 Å². The lowest BCUT2D eigenvalue weighted by Gasteiger charge is -2.39. The van der Waals surface area contributed by atoms with Crippen LogP contribution in [-0.2, 0) is 11.8 Å². The second-order valence-electron chi connectivity index (χ2n) is 7.72. The quantitative estimate of drug-likeness (QED) is 0.546. The van der Waals surface area contributed by atoms with E-state index >= 15 is 8.78 Å². The Balaban J connectivity index is 1.74. The molecule has 2 N–H and O–H groups in total. The van der Waals surface area contributed by atoms with Gasteiger partial charge in [0, 0.05) is 23.2 Å². The molecule has 0 amide bonds. The Bertz CT molecular complexity index is 1010. The van der Waals surface area contributed by atoms with Crippen LogP contribution >= 0.6 is 0 Å². The fourth-order valence-electron chi connectivity index (χ4n) is 4.16. The van der Waals surface area contributed by atoms with Crippen molar-refractivity contribution < 1.29 is 27.4 Å². The van der Waals surface area contributed by atoms with Gasteiger partial charge in [0.05, 0.1) is 12.5 Å². The predicted molar refractivity (Wildman–Crippen MR) is 102 cm³/mol. The van der Waals surface area contributed by atoms with Crippen LogP contribution in [0.15, 0.2) is 48.5 Å². The Morgan fingerprint density at radius 3 is 2.48 bits per heavy atom. The third kappa shape index (κ3) is 2.99. The molecule has 1 aromatic heterocycles. The van der Waals surface area contributed by atoms with Crippen LogP contribution in [0.25, 0.3) is 10.9 Å². The van der Waals surface area contributed by atoms with Gasteiger partial charge >= 0.3 is 0 Å². The number of H-pyrrole nitrogens is 1. The number of hydrogen-bond acceptors (Lipinski definition) is 2. The summed E-state index contributed by atoms with van der Waals surface area (Å²) in [6.07, 6.45) is -0.617. The molecule has 1 aliphatic rings. The average molecular weight is 407 g/mol. The Morgan fingerprint density at radius 2 is 1.86 bits per heavy atom. The van der Waals surface area contributed by atoms with Gasteiger partial charge in [0.2, 0.25) is 0 Å². The first kappa shape index (κ1) is 19.8. The van der Waals surface area contributed by atoms with E-state index < -0.39 is 35.9 Å². The minimum atomic E-state index is -3.85. The SMILES string of the molecule is COc1ccc(F)cc1C1(C(F)(F)C(O)(CF)Cc2cc3ccccc3[nH]2)CC1. The molecular weight excluding hydrogens is 386 g/mol. The number of hydrogen-bond donors (Lipinski definition) is 2. The van der Waals surface area contributed by atoms with Crippen LogP contribution in [0.2, 0.25) is 0 Å². The van der Waals surface area contributed by atoms with E-state index in [2.05, 4.69) is 4.98 Å². The standard InChI is InChI=1S/C22H21F4NO2/c1-29-19-7-6-15(24)11-17(19)20(8-9-20)22(25,26)21(28,13-23)12-16-10-14-4-2-3-5-18(14)27-16/h2-7,10-11,27-28H,8-9,12-13H2,1H3. The van der Waals surface area contributed by atoms with Crippen molar-refractivity contribution in [3.63, 3.8) is 0 Å². The molecule has 154 valence electrons. The molecule has 2 aromatic carbocycles. The van der Waals surface area contributed by atoms with Gasteiger partial charge < -0.3 is 14.8 Å². The number of aromatic amines is 1. The monoisotopic (exact) mass is 407 g/mol. The molecule has 7 heteroatoms. The van der Waals surface area contributed by atoms with Gasteiger partial charge in [-0.1, -0.05) is 18.2 Å². The zero-order valence-corrected chi connectivity index (χ0v) is 15.8. The van der Waals surface area contributed by atoms with E-state index in [1.807, 2.05) is 0 Å². The number of para-hydroxylation sites is 1. The Kier molecular flexibility index (Phi) is 4.61. The number of benzene rings is 2. The number of halogens is 4. The maximum absolute atomic E-state index is 15.7. The number of fused-ring (bicyclic) bond motifs is 1. The molecule has 3 aromatic rings. The predicted octanol–water partition coefficient (Wildman–Crippen LogP) is 4.93. The summed E-state index contributed by atoms with van der Waals surface area (Å²) in [7, 11) is 1.30. The number of aromatic nitrogens is 1. The molecule has 0 spiro atoms. The smallest absolute Gasteiger partial charge is 0.288 e. The number of alkyl halides is 3. The Morgan fingerprint density at radius 1 is 1.14 bits per heavy atom. The maximum atomic E-state index is 15.7. The summed E-state index contributed by atoms with van der Waals surface area (Å²) < 4.78 is 64.4. The normalized spacial score (nSPS) is 17.9. The molecule has 0 radical (unpaired) electrons. The number of ether oxygens (including phenoxy) is 1. The number of aliphatic hydroxyl groups is 1. The average Bonchev–Trinajstić information content (AvgIpc) is 3.43. The highest BCUT2D eigenvalue weighted by atomic mass is 19.3. The molecule has 3 nitrogen and oxygen atoms in total. The fourth-order valence-corrected chi connectivity index (χ4v) is 4.16. The van der Waals surface area contributed by atoms with Gasteiger partial charge in [-0.2, -0.15) is 0 Å². The van der Waals surface area contributed by atoms with Gasteiger partial charge in [-0.3, -0.25) is 0 Å². The maximum Gasteiger partial charge on any atom is 0.288 e. The highest BCUT2D eigenvalue weighted by Gasteiger charge is 2.72. The first-order valence-corrected chi connectivity index (χ1v) is 9.33. The lowest BCUT2D eigenvalue weighted by molar-refractivity contribution is -0.209. The summed E-state index contributed by atoms with van der Waals surface area (Å²) in [5.41, 5.74) is -3.88. The van der Waals surface area contributed by atoms with Crippen LogP contribution in [0.1, 0.15) is 24.1 Å². The second-order valence-corrected chi connectivity index (χ2v) is 7.72. The van der Waals surface area contributed by atoms with Gasteiger partial charge in [0.25, 0.3) is 5.92 Å². The van der Waals surface area contributed by atoms with Crippen LogP contribution < -0.4 is 4.74 Å². The van der Waals surface area contributed by atoms with Crippen LogP contribution in [0, 0.1) is 5.82 Å². The van der Waals surface area contributed by atoms with Crippen molar-refractivity contribution >= 4 is 10.9 Å². The van der Waals surface area contributed by atoms with Gasteiger partial charge in [-0.25, -0.2) is 17.6 Å². The first-order chi connectivity index (χ1) is 13.8. The minimum Gasteiger partial charge on any atom is -0.496 e. The van der Waals surface area contributed by atoms with Crippen molar-refractivity contribution in [2.45, 2.75) is 36.2 Å². The zero-order chi connectivity index (χ0) is 20.9. The Hall–Kier alpha value is -2.54. The number of nitrogens with one attached hydrogen (secondary N) is 1. The van der Waals surface area contributed by atoms with Crippen LogP contribution in [0.3, 0.4) is 0 Å². The minimum absolute atomic E-state index is 0.00513. The van der Waals surface area contributed by atoms with Crippen molar-refractivity contribution in [2.24, 2.45) is 0 Å². The van der Waals surface area contributed by atoms with Gasteiger partial charge in [-0.15, -0.1) is 0 Å². The van der Waals surface area contributed by atoms with E-state index in [-0.39, 0.29) is 24.2 Å². The van der Waals surface area contributed by atoms with Crippen LogP contribution in [-0.4, -0.2) is 35.4 Å². The second kappa shape index (κ2) is 6.76. The van der Waals surface area contributed by atoms with Crippen molar-refractivity contribution in [1.82, 2.24) is 4.98 Å². The van der Waals surface area contributed by atoms with E-state index in [4.69, 9.17) is 4.74 Å². The molecule has 29 heavy (non-hydrogen) atoms. The van der Waals surface area contributed by atoms with E-state index in [9.17, 15) is 13.9 Å². The van der Waals surface area contributed by atoms with Gasteiger partial charge in [0.1, 0.15) is 18.2 Å². The molecule has 0 bridgehead atoms. The van der Waals surface area contributed by atoms with Crippen LogP contribution in [0.5, 0.6) is 5.75 Å². The topological polar surface area (TPSA) is 45.2 Å². The molecule has 1 saturated carbocycles. The third-order valence-electron chi connectivity index (χ3n) is 5.90. The molecule has 1 aliphatic carbocycles. The molecule has 0 aliphatic heterocycles. The summed E-state index contributed by atoms with van der Waals surface area (Å²) in [4.78, 5) is 2.96. The molecule has 1 heterocycles. The van der Waals surface area contributed by atoms with E-state index in [1.165, 1.54) is 13.2 Å². The van der Waals surface area contributed by atoms with E-state index in [0.29, 0.717) is 11.2 Å². The van der Waals surface area contributed by atoms with Gasteiger partial charge in [-0.05, 0) is 48.6 Å². The molecule has 4 rings (SSSR count). The highest BCUT2D eigenvalue weighted by molar-refractivity contribution is 5.80. The lowest BCUT2D eigenvalue weighted by Crippen LogP contribution is -2.58. The van der Waals surface area contributed by atoms with Gasteiger partial charge in [0.15, 0.2) is 5.60 Å². The Labute approximate surface area is 165 Å². The van der Waals surface area contributed by atoms with Crippen molar-refractivity contribution in [1.29, 1.82) is 0 Å². The summed E-state index contributed by atoms with van der Waals surface area (Å²) in [5, 5.41) is 11.6. The highest BCUT2D eigenvalue weighted by Crippen LogP contribution is 2.63. The summed E-state index contributed by atoms with van der Waals surface area (Å²) in [5.74, 6) is -4.45. The molecule has 1 atom stereocenters. The molecule has 1 unspecified atom stereocenters. The zero-order valence-electron chi connectivity index (χ0n) is 15.8. The van der Waals surface area contributed by atoms with E-state index in [1.54, 1.807) is 30.3 Å². The van der Waals surface area contributed by atoms with E-state index in [0.717, 1.165) is 17.5 Å². The van der Waals surface area contributed by atoms with Crippen molar-refractivity contribution in [3.05, 3.63) is 65.6 Å². The summed E-state index contributed by atoms with van der Waals surface area (Å²) in [6.45, 7) is -1.64. The fraction of sp³-hybridized carbons (Fsp3) is 0.364. The lowest BCUT2D eigenvalue weighted by atomic mass is 9.77. The first-order valence-electron chi connectivity index (χ1n) is 9.33. The molecule has 0 saturated heterocycles. The molecular formula is C22H21F4NO2. The number of rotatable bonds is 7. The largest absolute Gasteiger partial charge is 0.496 e. The summed E-state index contributed by atoms with van der Waals surface area (Å²) >= 11 is 0.